The van der Waals surface area contributed by atoms with Crippen molar-refractivity contribution in [3.63, 3.8) is 0 Å². The van der Waals surface area contributed by atoms with Gasteiger partial charge in [0.2, 0.25) is 11.8 Å². The van der Waals surface area contributed by atoms with E-state index in [4.69, 9.17) is 0 Å². The van der Waals surface area contributed by atoms with E-state index >= 15 is 0 Å². The van der Waals surface area contributed by atoms with Crippen LogP contribution in [0, 0.1) is 5.92 Å². The molecule has 2 amide bonds. The van der Waals surface area contributed by atoms with Crippen LogP contribution in [0.5, 0.6) is 0 Å². The first-order chi connectivity index (χ1) is 14.1. The highest BCUT2D eigenvalue weighted by Gasteiger charge is 2.26. The number of benzene rings is 2. The molecule has 0 spiro atoms. The molecule has 1 fully saturated rings. The number of hydrogen-bond acceptors (Lipinski definition) is 2. The molecule has 0 unspecified atom stereocenters. The fraction of sp³-hybridized carbons (Fsp3) is 0.250. The van der Waals surface area contributed by atoms with Crippen LogP contribution in [0.3, 0.4) is 0 Å². The van der Waals surface area contributed by atoms with Crippen LogP contribution >= 0.6 is 0 Å². The van der Waals surface area contributed by atoms with E-state index in [2.05, 4.69) is 11.4 Å². The third-order valence-corrected chi connectivity index (χ3v) is 5.55. The molecular weight excluding hydrogens is 362 g/mol. The third-order valence-electron chi connectivity index (χ3n) is 5.55. The van der Waals surface area contributed by atoms with Gasteiger partial charge in [0.15, 0.2) is 0 Å². The van der Waals surface area contributed by atoms with Crippen LogP contribution < -0.4 is 5.32 Å². The molecule has 0 aliphatic carbocycles. The highest BCUT2D eigenvalue weighted by atomic mass is 16.2. The van der Waals surface area contributed by atoms with Crippen molar-refractivity contribution in [1.82, 2.24) is 9.47 Å². The van der Waals surface area contributed by atoms with Gasteiger partial charge in [0.1, 0.15) is 0 Å². The number of amides is 2. The fourth-order valence-corrected chi connectivity index (χ4v) is 3.78. The molecule has 1 N–H and O–H groups in total. The molecule has 0 saturated carbocycles. The number of rotatable bonds is 4. The van der Waals surface area contributed by atoms with E-state index in [0.29, 0.717) is 25.9 Å². The summed E-state index contributed by atoms with van der Waals surface area (Å²) < 4.78 is 2.04. The van der Waals surface area contributed by atoms with Crippen LogP contribution in [-0.2, 0) is 16.6 Å². The number of nitrogens with one attached hydrogen (secondary N) is 1. The van der Waals surface area contributed by atoms with E-state index in [-0.39, 0.29) is 17.7 Å². The molecule has 148 valence electrons. The van der Waals surface area contributed by atoms with Crippen molar-refractivity contribution < 1.29 is 9.59 Å². The Hall–Kier alpha value is -3.34. The molecule has 29 heavy (non-hydrogen) atoms. The maximum Gasteiger partial charge on any atom is 0.246 e. The summed E-state index contributed by atoms with van der Waals surface area (Å²) in [5.41, 5.74) is 2.91. The number of aromatic nitrogens is 1. The minimum absolute atomic E-state index is 0.00173. The van der Waals surface area contributed by atoms with Crippen molar-refractivity contribution in [3.8, 4) is 0 Å². The first kappa shape index (κ1) is 19.0. The molecule has 2 aromatic carbocycles. The number of likely N-dealkylation sites (tertiary alicyclic amines) is 1. The number of anilines is 1. The van der Waals surface area contributed by atoms with Crippen molar-refractivity contribution in [2.24, 2.45) is 13.0 Å². The SMILES string of the molecule is Cn1ccc2ccc(NC(=O)C3CCN(C(=O)/C=C/c4ccccc4)CC3)cc21. The smallest absolute Gasteiger partial charge is 0.246 e. The summed E-state index contributed by atoms with van der Waals surface area (Å²) >= 11 is 0. The van der Waals surface area contributed by atoms with Crippen LogP contribution in [-0.4, -0.2) is 34.4 Å². The Balaban J connectivity index is 1.31. The predicted octanol–water partition coefficient (Wildman–Crippen LogP) is 4.07. The van der Waals surface area contributed by atoms with E-state index in [1.165, 1.54) is 0 Å². The average molecular weight is 387 g/mol. The normalized spacial score (nSPS) is 15.1. The summed E-state index contributed by atoms with van der Waals surface area (Å²) in [4.78, 5) is 26.9. The Bertz CT molecular complexity index is 1040. The molecule has 0 bridgehead atoms. The van der Waals surface area contributed by atoms with Crippen molar-refractivity contribution >= 4 is 34.5 Å². The van der Waals surface area contributed by atoms with E-state index in [0.717, 1.165) is 22.2 Å². The van der Waals surface area contributed by atoms with E-state index < -0.39 is 0 Å². The lowest BCUT2D eigenvalue weighted by Gasteiger charge is -2.30. The van der Waals surface area contributed by atoms with Crippen molar-refractivity contribution in [3.05, 3.63) is 72.4 Å². The molecule has 5 nitrogen and oxygen atoms in total. The Morgan fingerprint density at radius 1 is 1.03 bits per heavy atom. The van der Waals surface area contributed by atoms with Gasteiger partial charge in [-0.2, -0.15) is 0 Å². The summed E-state index contributed by atoms with van der Waals surface area (Å²) in [6.45, 7) is 1.21. The second-order valence-corrected chi connectivity index (χ2v) is 7.53. The fourth-order valence-electron chi connectivity index (χ4n) is 3.78. The van der Waals surface area contributed by atoms with Crippen LogP contribution in [0.25, 0.3) is 17.0 Å². The van der Waals surface area contributed by atoms with Crippen LogP contribution in [0.2, 0.25) is 0 Å². The van der Waals surface area contributed by atoms with Gasteiger partial charge in [-0.3, -0.25) is 9.59 Å². The second-order valence-electron chi connectivity index (χ2n) is 7.53. The lowest BCUT2D eigenvalue weighted by Crippen LogP contribution is -2.40. The van der Waals surface area contributed by atoms with Gasteiger partial charge in [-0.1, -0.05) is 36.4 Å². The van der Waals surface area contributed by atoms with Gasteiger partial charge in [-0.15, -0.1) is 0 Å². The Labute approximate surface area is 170 Å². The first-order valence-electron chi connectivity index (χ1n) is 9.98. The molecule has 1 aliphatic rings. The molecule has 2 heterocycles. The summed E-state index contributed by atoms with van der Waals surface area (Å²) in [5.74, 6) is -0.0337. The molecule has 3 aromatic rings. The molecular formula is C24H25N3O2. The van der Waals surface area contributed by atoms with E-state index in [1.807, 2.05) is 77.3 Å². The monoisotopic (exact) mass is 387 g/mol. The average Bonchev–Trinajstić information content (AvgIpc) is 3.13. The summed E-state index contributed by atoms with van der Waals surface area (Å²) in [6, 6.07) is 17.8. The minimum atomic E-state index is -0.0683. The van der Waals surface area contributed by atoms with Gasteiger partial charge in [0, 0.05) is 49.5 Å². The lowest BCUT2D eigenvalue weighted by atomic mass is 9.95. The maximum absolute atomic E-state index is 12.7. The Morgan fingerprint density at radius 3 is 2.55 bits per heavy atom. The van der Waals surface area contributed by atoms with Gasteiger partial charge in [0.05, 0.1) is 0 Å². The lowest BCUT2D eigenvalue weighted by molar-refractivity contribution is -0.130. The van der Waals surface area contributed by atoms with Crippen LogP contribution in [0.1, 0.15) is 18.4 Å². The molecule has 1 aromatic heterocycles. The molecule has 4 rings (SSSR count). The zero-order chi connectivity index (χ0) is 20.2. The van der Waals surface area contributed by atoms with Crippen LogP contribution in [0.15, 0.2) is 66.9 Å². The van der Waals surface area contributed by atoms with E-state index in [9.17, 15) is 9.59 Å². The standard InChI is InChI=1S/C24H25N3O2/c1-26-14-11-19-8-9-21(17-22(19)26)25-24(29)20-12-15-27(16-13-20)23(28)10-7-18-5-3-2-4-6-18/h2-11,14,17,20H,12-13,15-16H2,1H3,(H,25,29)/b10-7+. The number of carbonyl (C=O) groups excluding carboxylic acids is 2. The number of nitrogens with zero attached hydrogens (tertiary/aromatic N) is 2. The van der Waals surface area contributed by atoms with Crippen molar-refractivity contribution in [1.29, 1.82) is 0 Å². The van der Waals surface area contributed by atoms with Gasteiger partial charge >= 0.3 is 0 Å². The zero-order valence-corrected chi connectivity index (χ0v) is 16.5. The number of piperidine rings is 1. The number of carbonyl (C=O) groups is 2. The quantitative estimate of drug-likeness (QED) is 0.686. The van der Waals surface area contributed by atoms with Crippen LogP contribution in [0.4, 0.5) is 5.69 Å². The van der Waals surface area contributed by atoms with E-state index in [1.54, 1.807) is 6.08 Å². The minimum Gasteiger partial charge on any atom is -0.350 e. The molecule has 5 heteroatoms. The van der Waals surface area contributed by atoms with Gasteiger partial charge in [-0.25, -0.2) is 0 Å². The summed E-state index contributed by atoms with van der Waals surface area (Å²) in [7, 11) is 1.99. The van der Waals surface area contributed by atoms with Gasteiger partial charge in [-0.05, 0) is 48.1 Å². The van der Waals surface area contributed by atoms with Gasteiger partial charge < -0.3 is 14.8 Å². The Morgan fingerprint density at radius 2 is 1.79 bits per heavy atom. The largest absolute Gasteiger partial charge is 0.350 e. The topological polar surface area (TPSA) is 54.3 Å². The molecule has 1 aliphatic heterocycles. The first-order valence-corrected chi connectivity index (χ1v) is 9.98. The molecule has 1 saturated heterocycles. The summed E-state index contributed by atoms with van der Waals surface area (Å²) in [6.07, 6.45) is 6.83. The summed E-state index contributed by atoms with van der Waals surface area (Å²) in [5, 5.41) is 4.20. The third kappa shape index (κ3) is 4.40. The number of hydrogen-bond donors (Lipinski definition) is 1. The highest BCUT2D eigenvalue weighted by molar-refractivity contribution is 5.96. The molecule has 0 radical (unpaired) electrons. The Kier molecular flexibility index (Phi) is 5.47. The van der Waals surface area contributed by atoms with Gasteiger partial charge in [0.25, 0.3) is 0 Å². The predicted molar refractivity (Wildman–Crippen MR) is 116 cm³/mol. The maximum atomic E-state index is 12.7. The van der Waals surface area contributed by atoms with Crippen molar-refractivity contribution in [2.75, 3.05) is 18.4 Å². The highest BCUT2D eigenvalue weighted by Crippen LogP contribution is 2.23. The van der Waals surface area contributed by atoms with Crippen molar-refractivity contribution in [2.45, 2.75) is 12.8 Å². The molecule has 0 atom stereocenters. The number of aryl methyl sites for hydroxylation is 1. The second kappa shape index (κ2) is 8.35. The number of fused-ring (bicyclic) bond motifs is 1. The zero-order valence-electron chi connectivity index (χ0n) is 16.5.